The highest BCUT2D eigenvalue weighted by Crippen LogP contribution is 2.35. The van der Waals surface area contributed by atoms with Gasteiger partial charge in [-0.25, -0.2) is 8.42 Å². The first-order valence-corrected chi connectivity index (χ1v) is 11.1. The first-order chi connectivity index (χ1) is 12.5. The van der Waals surface area contributed by atoms with Gasteiger partial charge in [-0.15, -0.1) is 14.6 Å². The van der Waals surface area contributed by atoms with Crippen LogP contribution in [0.1, 0.15) is 43.0 Å². The molecule has 1 N–H and O–H groups in total. The second kappa shape index (κ2) is 6.92. The second-order valence-corrected chi connectivity index (χ2v) is 9.31. The number of aromatic nitrogens is 2. The number of nitrogens with one attached hydrogen (secondary N) is 1. The maximum atomic E-state index is 12.6. The van der Waals surface area contributed by atoms with Gasteiger partial charge in [-0.05, 0) is 25.0 Å². The molecule has 2 aliphatic heterocycles. The van der Waals surface area contributed by atoms with E-state index in [9.17, 15) is 13.2 Å². The van der Waals surface area contributed by atoms with Gasteiger partial charge in [0, 0.05) is 18.7 Å². The lowest BCUT2D eigenvalue weighted by atomic mass is 9.90. The van der Waals surface area contributed by atoms with E-state index < -0.39 is 15.9 Å². The van der Waals surface area contributed by atoms with E-state index in [-0.39, 0.29) is 23.7 Å². The summed E-state index contributed by atoms with van der Waals surface area (Å²) < 4.78 is 27.3. The van der Waals surface area contributed by atoms with E-state index in [1.54, 1.807) is 23.3 Å². The summed E-state index contributed by atoms with van der Waals surface area (Å²) in [7, 11) is -3.54. The molecular weight excluding hydrogens is 374 g/mol. The van der Waals surface area contributed by atoms with E-state index in [0.717, 1.165) is 17.8 Å². The average Bonchev–Trinajstić information content (AvgIpc) is 3.09. The zero-order valence-electron chi connectivity index (χ0n) is 14.1. The van der Waals surface area contributed by atoms with Crippen molar-refractivity contribution >= 4 is 38.2 Å². The minimum Gasteiger partial charge on any atom is -0.331 e. The van der Waals surface area contributed by atoms with E-state index in [2.05, 4.69) is 19.9 Å². The van der Waals surface area contributed by atoms with Gasteiger partial charge in [0.1, 0.15) is 5.01 Å². The number of carbonyl (C=O) groups is 1. The number of nitrogens with zero attached hydrogens (tertiary/aromatic N) is 4. The Morgan fingerprint density at radius 2 is 2.04 bits per heavy atom. The molecule has 1 amide bonds. The lowest BCUT2D eigenvalue weighted by Gasteiger charge is -2.28. The summed E-state index contributed by atoms with van der Waals surface area (Å²) in [5.74, 6) is 0.0959. The second-order valence-electron chi connectivity index (χ2n) is 6.55. The van der Waals surface area contributed by atoms with E-state index in [0.29, 0.717) is 11.0 Å². The van der Waals surface area contributed by atoms with Gasteiger partial charge in [-0.2, -0.15) is 0 Å². The molecule has 1 saturated carbocycles. The number of hydrogen-bond donors (Lipinski definition) is 1. The summed E-state index contributed by atoms with van der Waals surface area (Å²) in [5.41, 5.74) is 0.213. The number of amidine groups is 1. The lowest BCUT2D eigenvalue weighted by Crippen LogP contribution is -2.40. The van der Waals surface area contributed by atoms with Gasteiger partial charge in [0.05, 0.1) is 11.3 Å². The number of sulfonamides is 1. The summed E-state index contributed by atoms with van der Waals surface area (Å²) in [6.07, 6.45) is 10.9. The van der Waals surface area contributed by atoms with Crippen molar-refractivity contribution in [2.75, 3.05) is 17.6 Å². The van der Waals surface area contributed by atoms with Crippen molar-refractivity contribution in [3.8, 4) is 0 Å². The highest BCUT2D eigenvalue weighted by molar-refractivity contribution is 7.90. The summed E-state index contributed by atoms with van der Waals surface area (Å²) in [4.78, 5) is 14.3. The summed E-state index contributed by atoms with van der Waals surface area (Å²) in [6.45, 7) is 0.285. The Kier molecular flexibility index (Phi) is 4.62. The Morgan fingerprint density at radius 1 is 1.23 bits per heavy atom. The summed E-state index contributed by atoms with van der Waals surface area (Å²) >= 11 is 1.39. The van der Waals surface area contributed by atoms with Crippen molar-refractivity contribution in [1.82, 2.24) is 15.1 Å². The van der Waals surface area contributed by atoms with Crippen molar-refractivity contribution in [1.29, 1.82) is 0 Å². The Bertz CT molecular complexity index is 910. The fourth-order valence-electron chi connectivity index (χ4n) is 3.36. The van der Waals surface area contributed by atoms with E-state index in [4.69, 9.17) is 0 Å². The van der Waals surface area contributed by atoms with Crippen LogP contribution in [0.4, 0.5) is 5.13 Å². The smallest absolute Gasteiger partial charge is 0.261 e. The standard InChI is InChI=1S/C16H19N5O3S2/c22-14(12-7-4-8-21-9-10-26(23,24)20-13(12)21)17-16-19-18-15(25-16)11-5-2-1-3-6-11/h4,7-8,11H,1-3,5-6,9-10H2,(H,17,19,22). The van der Waals surface area contributed by atoms with Gasteiger partial charge < -0.3 is 4.90 Å². The Morgan fingerprint density at radius 3 is 2.85 bits per heavy atom. The van der Waals surface area contributed by atoms with Crippen LogP contribution in [0.25, 0.3) is 0 Å². The average molecular weight is 393 g/mol. The maximum Gasteiger partial charge on any atom is 0.261 e. The van der Waals surface area contributed by atoms with Crippen molar-refractivity contribution < 1.29 is 13.2 Å². The molecule has 0 spiro atoms. The van der Waals surface area contributed by atoms with Gasteiger partial charge in [-0.3, -0.25) is 10.1 Å². The van der Waals surface area contributed by atoms with Crippen LogP contribution in [-0.2, 0) is 14.8 Å². The third-order valence-corrected chi connectivity index (χ3v) is 6.87. The SMILES string of the molecule is O=C(Nc1nnc(C2CCCCC2)s1)C1=CC=CN2CCS(=O)(=O)N=C12. The quantitative estimate of drug-likeness (QED) is 0.842. The van der Waals surface area contributed by atoms with E-state index in [1.807, 2.05) is 0 Å². The zero-order valence-corrected chi connectivity index (χ0v) is 15.7. The molecule has 1 fully saturated rings. The molecule has 1 aromatic rings. The first-order valence-electron chi connectivity index (χ1n) is 8.65. The van der Waals surface area contributed by atoms with Crippen LogP contribution in [0.15, 0.2) is 28.3 Å². The lowest BCUT2D eigenvalue weighted by molar-refractivity contribution is -0.112. The normalized spacial score (nSPS) is 22.4. The van der Waals surface area contributed by atoms with Crippen LogP contribution < -0.4 is 5.32 Å². The maximum absolute atomic E-state index is 12.6. The predicted octanol–water partition coefficient (Wildman–Crippen LogP) is 2.02. The molecule has 0 bridgehead atoms. The Balaban J connectivity index is 1.51. The van der Waals surface area contributed by atoms with Crippen LogP contribution in [0.5, 0.6) is 0 Å². The van der Waals surface area contributed by atoms with Crippen molar-refractivity contribution in [2.45, 2.75) is 38.0 Å². The molecule has 138 valence electrons. The molecule has 1 aromatic heterocycles. The number of amides is 1. The molecule has 10 heteroatoms. The van der Waals surface area contributed by atoms with Crippen LogP contribution >= 0.6 is 11.3 Å². The number of rotatable bonds is 3. The van der Waals surface area contributed by atoms with Crippen molar-refractivity contribution in [2.24, 2.45) is 4.40 Å². The fourth-order valence-corrected chi connectivity index (χ4v) is 5.25. The third kappa shape index (κ3) is 3.56. The van der Waals surface area contributed by atoms with Crippen molar-refractivity contribution in [3.63, 3.8) is 0 Å². The van der Waals surface area contributed by atoms with Gasteiger partial charge in [0.25, 0.3) is 15.9 Å². The molecule has 0 aromatic carbocycles. The minimum atomic E-state index is -3.54. The van der Waals surface area contributed by atoms with Gasteiger partial charge in [-0.1, -0.05) is 30.6 Å². The number of fused-ring (bicyclic) bond motifs is 1. The Hall–Kier alpha value is -2.07. The molecule has 0 radical (unpaired) electrons. The number of anilines is 1. The topological polar surface area (TPSA) is 105 Å². The number of allylic oxidation sites excluding steroid dienone is 2. The van der Waals surface area contributed by atoms with Crippen molar-refractivity contribution in [3.05, 3.63) is 28.9 Å². The largest absolute Gasteiger partial charge is 0.331 e. The molecule has 0 atom stereocenters. The predicted molar refractivity (Wildman–Crippen MR) is 99.5 cm³/mol. The molecule has 4 rings (SSSR count). The van der Waals surface area contributed by atoms with Crippen LogP contribution in [0.3, 0.4) is 0 Å². The van der Waals surface area contributed by atoms with Gasteiger partial charge in [0.15, 0.2) is 5.84 Å². The zero-order chi connectivity index (χ0) is 18.1. The van der Waals surface area contributed by atoms with Crippen LogP contribution in [0, 0.1) is 0 Å². The van der Waals surface area contributed by atoms with Crippen LogP contribution in [-0.4, -0.2) is 47.6 Å². The molecule has 1 aliphatic carbocycles. The molecular formula is C16H19N5O3S2. The van der Waals surface area contributed by atoms with Crippen LogP contribution in [0.2, 0.25) is 0 Å². The first kappa shape index (κ1) is 17.3. The molecule has 3 heterocycles. The molecule has 3 aliphatic rings. The molecule has 8 nitrogen and oxygen atoms in total. The third-order valence-electron chi connectivity index (χ3n) is 4.72. The minimum absolute atomic E-state index is 0.0586. The molecule has 0 saturated heterocycles. The van der Waals surface area contributed by atoms with E-state index in [1.165, 1.54) is 30.6 Å². The summed E-state index contributed by atoms with van der Waals surface area (Å²) in [6, 6.07) is 0. The number of hydrogen-bond acceptors (Lipinski definition) is 7. The highest BCUT2D eigenvalue weighted by Gasteiger charge is 2.30. The highest BCUT2D eigenvalue weighted by atomic mass is 32.2. The molecule has 0 unspecified atom stereocenters. The fraction of sp³-hybridized carbons (Fsp3) is 0.500. The summed E-state index contributed by atoms with van der Waals surface area (Å²) in [5, 5.41) is 12.4. The van der Waals surface area contributed by atoms with Gasteiger partial charge >= 0.3 is 0 Å². The number of carbonyl (C=O) groups excluding carboxylic acids is 1. The van der Waals surface area contributed by atoms with Gasteiger partial charge in [0.2, 0.25) is 5.13 Å². The van der Waals surface area contributed by atoms with E-state index >= 15 is 0 Å². The molecule has 26 heavy (non-hydrogen) atoms. The Labute approximate surface area is 155 Å². The monoisotopic (exact) mass is 393 g/mol.